The van der Waals surface area contributed by atoms with E-state index in [1.54, 1.807) is 42.5 Å². The van der Waals surface area contributed by atoms with E-state index in [1.165, 1.54) is 6.92 Å². The third kappa shape index (κ3) is 5.07. The lowest BCUT2D eigenvalue weighted by molar-refractivity contribution is -0.116. The monoisotopic (exact) mass is 368 g/mol. The molecule has 0 aliphatic carbocycles. The van der Waals surface area contributed by atoms with Crippen molar-refractivity contribution < 1.29 is 23.9 Å². The Balaban J connectivity index is 1.51. The lowest BCUT2D eigenvalue weighted by Gasteiger charge is -2.18. The van der Waals surface area contributed by atoms with Crippen LogP contribution in [0.3, 0.4) is 0 Å². The van der Waals surface area contributed by atoms with Crippen LogP contribution in [-0.2, 0) is 9.59 Å². The summed E-state index contributed by atoms with van der Waals surface area (Å²) in [5.74, 6) is 0.620. The third-order valence-electron chi connectivity index (χ3n) is 3.93. The molecule has 3 rings (SSSR count). The van der Waals surface area contributed by atoms with Gasteiger partial charge in [0.05, 0.1) is 0 Å². The summed E-state index contributed by atoms with van der Waals surface area (Å²) in [6.45, 7) is 2.37. The first-order valence-corrected chi connectivity index (χ1v) is 8.61. The number of amides is 2. The first kappa shape index (κ1) is 18.4. The Bertz CT molecular complexity index is 861. The second-order valence-corrected chi connectivity index (χ2v) is 6.09. The summed E-state index contributed by atoms with van der Waals surface area (Å²) in [6, 6.07) is 11.8. The standard InChI is InChI=1S/C20H20N2O5/c1-13(23)21-15-3-5-16(6-4-15)22-20(25)9-7-17(24)14-2-8-18-19(12-14)27-11-10-26-18/h2-6,8,12H,7,9-11H2,1H3,(H,21,23)(H,22,25). The molecule has 1 aliphatic rings. The number of anilines is 2. The molecular weight excluding hydrogens is 348 g/mol. The topological polar surface area (TPSA) is 93.7 Å². The highest BCUT2D eigenvalue weighted by Gasteiger charge is 2.16. The van der Waals surface area contributed by atoms with Gasteiger partial charge in [-0.3, -0.25) is 14.4 Å². The molecule has 2 amide bonds. The first-order valence-electron chi connectivity index (χ1n) is 8.61. The molecule has 140 valence electrons. The van der Waals surface area contributed by atoms with E-state index in [2.05, 4.69) is 10.6 Å². The molecule has 1 heterocycles. The summed E-state index contributed by atoms with van der Waals surface area (Å²) < 4.78 is 10.9. The largest absolute Gasteiger partial charge is 0.486 e. The van der Waals surface area contributed by atoms with Crippen LogP contribution >= 0.6 is 0 Å². The maximum Gasteiger partial charge on any atom is 0.224 e. The van der Waals surface area contributed by atoms with E-state index in [0.717, 1.165) is 0 Å². The van der Waals surface area contributed by atoms with Gasteiger partial charge in [0.1, 0.15) is 13.2 Å². The summed E-state index contributed by atoms with van der Waals surface area (Å²) in [5, 5.41) is 5.38. The number of nitrogens with one attached hydrogen (secondary N) is 2. The number of benzene rings is 2. The smallest absolute Gasteiger partial charge is 0.224 e. The molecule has 2 aromatic carbocycles. The quantitative estimate of drug-likeness (QED) is 0.765. The van der Waals surface area contributed by atoms with Gasteiger partial charge in [-0.25, -0.2) is 0 Å². The minimum atomic E-state index is -0.256. The van der Waals surface area contributed by atoms with E-state index in [1.807, 2.05) is 0 Å². The summed E-state index contributed by atoms with van der Waals surface area (Å²) in [6.07, 6.45) is 0.163. The predicted molar refractivity (Wildman–Crippen MR) is 100 cm³/mol. The van der Waals surface area contributed by atoms with Crippen LogP contribution in [-0.4, -0.2) is 30.8 Å². The number of carbonyl (C=O) groups excluding carboxylic acids is 3. The zero-order valence-corrected chi connectivity index (χ0v) is 14.9. The van der Waals surface area contributed by atoms with Gasteiger partial charge in [0.25, 0.3) is 0 Å². The molecule has 27 heavy (non-hydrogen) atoms. The molecule has 0 radical (unpaired) electrons. The van der Waals surface area contributed by atoms with Gasteiger partial charge >= 0.3 is 0 Å². The molecule has 0 bridgehead atoms. The van der Waals surface area contributed by atoms with Gasteiger partial charge in [0.2, 0.25) is 11.8 Å². The Morgan fingerprint density at radius 2 is 1.48 bits per heavy atom. The van der Waals surface area contributed by atoms with Gasteiger partial charge in [-0.1, -0.05) is 0 Å². The van der Waals surface area contributed by atoms with E-state index >= 15 is 0 Å². The molecule has 1 aliphatic heterocycles. The fourth-order valence-corrected chi connectivity index (χ4v) is 2.65. The highest BCUT2D eigenvalue weighted by molar-refractivity contribution is 6.00. The number of ketones is 1. The molecule has 2 aromatic rings. The van der Waals surface area contributed by atoms with Crippen LogP contribution in [0.1, 0.15) is 30.1 Å². The van der Waals surface area contributed by atoms with Gasteiger partial charge in [-0.05, 0) is 42.5 Å². The minimum absolute atomic E-state index is 0.0702. The number of rotatable bonds is 6. The van der Waals surface area contributed by atoms with E-state index in [4.69, 9.17) is 9.47 Å². The Morgan fingerprint density at radius 3 is 2.15 bits per heavy atom. The summed E-state index contributed by atoms with van der Waals surface area (Å²) in [5.41, 5.74) is 1.74. The van der Waals surface area contributed by atoms with Crippen molar-refractivity contribution in [3.05, 3.63) is 48.0 Å². The summed E-state index contributed by atoms with van der Waals surface area (Å²) in [4.78, 5) is 35.4. The van der Waals surface area contributed by atoms with Gasteiger partial charge < -0.3 is 20.1 Å². The van der Waals surface area contributed by atoms with Crippen molar-refractivity contribution in [2.75, 3.05) is 23.8 Å². The van der Waals surface area contributed by atoms with Crippen molar-refractivity contribution in [1.29, 1.82) is 0 Å². The van der Waals surface area contributed by atoms with Gasteiger partial charge in [0, 0.05) is 36.7 Å². The highest BCUT2D eigenvalue weighted by atomic mass is 16.6. The first-order chi connectivity index (χ1) is 13.0. The number of fused-ring (bicyclic) bond motifs is 1. The molecule has 0 spiro atoms. The Labute approximate surface area is 156 Å². The van der Waals surface area contributed by atoms with Crippen LogP contribution in [0.4, 0.5) is 11.4 Å². The lowest BCUT2D eigenvalue weighted by Crippen LogP contribution is -2.16. The van der Waals surface area contributed by atoms with Crippen LogP contribution < -0.4 is 20.1 Å². The molecule has 0 saturated carbocycles. The van der Waals surface area contributed by atoms with Crippen LogP contribution in [0, 0.1) is 0 Å². The van der Waals surface area contributed by atoms with E-state index in [0.29, 0.717) is 41.7 Å². The lowest BCUT2D eigenvalue weighted by atomic mass is 10.1. The molecule has 0 unspecified atom stereocenters. The van der Waals surface area contributed by atoms with Crippen LogP contribution in [0.25, 0.3) is 0 Å². The van der Waals surface area contributed by atoms with Gasteiger partial charge in [-0.2, -0.15) is 0 Å². The zero-order valence-electron chi connectivity index (χ0n) is 14.9. The molecule has 0 atom stereocenters. The summed E-state index contributed by atoms with van der Waals surface area (Å²) in [7, 11) is 0. The Hall–Kier alpha value is -3.35. The minimum Gasteiger partial charge on any atom is -0.486 e. The van der Waals surface area contributed by atoms with E-state index < -0.39 is 0 Å². The molecule has 7 nitrogen and oxygen atoms in total. The highest BCUT2D eigenvalue weighted by Crippen LogP contribution is 2.31. The number of Topliss-reactive ketones (excluding diaryl/α,β-unsaturated/α-hetero) is 1. The van der Waals surface area contributed by atoms with Crippen molar-refractivity contribution in [1.82, 2.24) is 0 Å². The fraction of sp³-hybridized carbons (Fsp3) is 0.250. The fourth-order valence-electron chi connectivity index (χ4n) is 2.65. The normalized spacial score (nSPS) is 12.2. The average molecular weight is 368 g/mol. The van der Waals surface area contributed by atoms with Crippen molar-refractivity contribution in [3.8, 4) is 11.5 Å². The molecule has 0 aromatic heterocycles. The SMILES string of the molecule is CC(=O)Nc1ccc(NC(=O)CCC(=O)c2ccc3c(c2)OCCO3)cc1. The third-order valence-corrected chi connectivity index (χ3v) is 3.93. The number of ether oxygens (including phenoxy) is 2. The second-order valence-electron chi connectivity index (χ2n) is 6.09. The predicted octanol–water partition coefficient (Wildman–Crippen LogP) is 3.02. The molecule has 7 heteroatoms. The molecule has 0 saturated heterocycles. The number of hydrogen-bond donors (Lipinski definition) is 2. The zero-order chi connectivity index (χ0) is 19.2. The maximum atomic E-state index is 12.3. The number of carbonyl (C=O) groups is 3. The molecular formula is C20H20N2O5. The van der Waals surface area contributed by atoms with Crippen molar-refractivity contribution in [2.24, 2.45) is 0 Å². The van der Waals surface area contributed by atoms with Crippen molar-refractivity contribution in [3.63, 3.8) is 0 Å². The van der Waals surface area contributed by atoms with Crippen LogP contribution in [0.5, 0.6) is 11.5 Å². The molecule has 0 fully saturated rings. The molecule has 2 N–H and O–H groups in total. The summed E-state index contributed by atoms with van der Waals surface area (Å²) >= 11 is 0. The Kier molecular flexibility index (Phi) is 5.71. The van der Waals surface area contributed by atoms with Crippen molar-refractivity contribution >= 4 is 29.0 Å². The van der Waals surface area contributed by atoms with E-state index in [-0.39, 0.29) is 30.4 Å². The maximum absolute atomic E-state index is 12.3. The van der Waals surface area contributed by atoms with Crippen molar-refractivity contribution in [2.45, 2.75) is 19.8 Å². The van der Waals surface area contributed by atoms with Gasteiger partial charge in [0.15, 0.2) is 17.3 Å². The second kappa shape index (κ2) is 8.35. The average Bonchev–Trinajstić information content (AvgIpc) is 2.67. The number of hydrogen-bond acceptors (Lipinski definition) is 5. The van der Waals surface area contributed by atoms with Gasteiger partial charge in [-0.15, -0.1) is 0 Å². The Morgan fingerprint density at radius 1 is 0.852 bits per heavy atom. The van der Waals surface area contributed by atoms with E-state index in [9.17, 15) is 14.4 Å². The van der Waals surface area contributed by atoms with Crippen LogP contribution in [0.15, 0.2) is 42.5 Å². The van der Waals surface area contributed by atoms with Crippen LogP contribution in [0.2, 0.25) is 0 Å².